The highest BCUT2D eigenvalue weighted by molar-refractivity contribution is 9.10. The molecule has 1 aromatic heterocycles. The van der Waals surface area contributed by atoms with Crippen LogP contribution in [0.2, 0.25) is 0 Å². The SMILES string of the molecule is CCCNCCOc1nc[nH]c(=O)c1Br. The summed E-state index contributed by atoms with van der Waals surface area (Å²) in [5.41, 5.74) is -0.235. The van der Waals surface area contributed by atoms with Gasteiger partial charge in [-0.1, -0.05) is 6.92 Å². The molecule has 0 aromatic carbocycles. The van der Waals surface area contributed by atoms with Crippen LogP contribution in [-0.4, -0.2) is 29.7 Å². The number of halogens is 1. The summed E-state index contributed by atoms with van der Waals surface area (Å²) in [5.74, 6) is 0.331. The van der Waals surface area contributed by atoms with E-state index in [1.54, 1.807) is 0 Å². The van der Waals surface area contributed by atoms with Crippen LogP contribution >= 0.6 is 15.9 Å². The van der Waals surface area contributed by atoms with Gasteiger partial charge in [-0.15, -0.1) is 0 Å². The zero-order valence-corrected chi connectivity index (χ0v) is 10.1. The topological polar surface area (TPSA) is 67.0 Å². The van der Waals surface area contributed by atoms with Crippen LogP contribution in [0.3, 0.4) is 0 Å². The first-order valence-corrected chi connectivity index (χ1v) is 5.61. The molecule has 1 rings (SSSR count). The predicted molar refractivity (Wildman–Crippen MR) is 61.2 cm³/mol. The van der Waals surface area contributed by atoms with E-state index in [1.165, 1.54) is 6.33 Å². The van der Waals surface area contributed by atoms with Crippen LogP contribution in [0.25, 0.3) is 0 Å². The van der Waals surface area contributed by atoms with Gasteiger partial charge in [-0.25, -0.2) is 4.98 Å². The Balaban J connectivity index is 2.38. The molecular formula is C9H14BrN3O2. The zero-order valence-electron chi connectivity index (χ0n) is 8.55. The molecule has 5 nitrogen and oxygen atoms in total. The first kappa shape index (κ1) is 12.2. The van der Waals surface area contributed by atoms with Crippen LogP contribution in [-0.2, 0) is 0 Å². The van der Waals surface area contributed by atoms with Crippen molar-refractivity contribution in [2.75, 3.05) is 19.7 Å². The van der Waals surface area contributed by atoms with E-state index >= 15 is 0 Å². The van der Waals surface area contributed by atoms with Gasteiger partial charge in [-0.05, 0) is 28.9 Å². The van der Waals surface area contributed by atoms with E-state index in [9.17, 15) is 4.79 Å². The van der Waals surface area contributed by atoms with Gasteiger partial charge in [0.2, 0.25) is 5.88 Å². The molecule has 0 atom stereocenters. The molecule has 0 aliphatic rings. The molecule has 6 heteroatoms. The number of ether oxygens (including phenoxy) is 1. The van der Waals surface area contributed by atoms with Gasteiger partial charge in [-0.3, -0.25) is 4.79 Å². The molecule has 84 valence electrons. The summed E-state index contributed by atoms with van der Waals surface area (Å²) >= 11 is 3.11. The average molecular weight is 276 g/mol. The van der Waals surface area contributed by atoms with E-state index in [4.69, 9.17) is 4.74 Å². The standard InChI is InChI=1S/C9H14BrN3O2/c1-2-3-11-4-5-15-9-7(10)8(14)12-6-13-9/h6,11H,2-5H2,1H3,(H,12,13,14). The average Bonchev–Trinajstić information content (AvgIpc) is 2.24. The summed E-state index contributed by atoms with van der Waals surface area (Å²) in [7, 11) is 0. The Hall–Kier alpha value is -0.880. The van der Waals surface area contributed by atoms with Crippen LogP contribution in [0.15, 0.2) is 15.6 Å². The summed E-state index contributed by atoms with van der Waals surface area (Å²) < 4.78 is 5.66. The molecule has 0 aliphatic heterocycles. The van der Waals surface area contributed by atoms with Gasteiger partial charge >= 0.3 is 0 Å². The molecule has 2 N–H and O–H groups in total. The highest BCUT2D eigenvalue weighted by Gasteiger charge is 2.05. The number of nitrogens with one attached hydrogen (secondary N) is 2. The minimum absolute atomic E-state index is 0.235. The first-order chi connectivity index (χ1) is 7.25. The molecular weight excluding hydrogens is 262 g/mol. The van der Waals surface area contributed by atoms with Crippen molar-refractivity contribution in [2.45, 2.75) is 13.3 Å². The molecule has 0 radical (unpaired) electrons. The van der Waals surface area contributed by atoms with Crippen molar-refractivity contribution >= 4 is 15.9 Å². The molecule has 0 amide bonds. The highest BCUT2D eigenvalue weighted by atomic mass is 79.9. The fourth-order valence-corrected chi connectivity index (χ4v) is 1.32. The lowest BCUT2D eigenvalue weighted by Crippen LogP contribution is -2.22. The molecule has 1 heterocycles. The van der Waals surface area contributed by atoms with E-state index < -0.39 is 0 Å². The van der Waals surface area contributed by atoms with E-state index in [0.29, 0.717) is 17.0 Å². The maximum atomic E-state index is 11.1. The Morgan fingerprint density at radius 3 is 3.13 bits per heavy atom. The quantitative estimate of drug-likeness (QED) is 0.758. The van der Waals surface area contributed by atoms with Gasteiger partial charge in [0.1, 0.15) is 11.1 Å². The Bertz CT molecular complexity index is 353. The third-order valence-electron chi connectivity index (χ3n) is 1.71. The second-order valence-corrected chi connectivity index (χ2v) is 3.74. The molecule has 0 aliphatic carbocycles. The van der Waals surface area contributed by atoms with Crippen LogP contribution in [0.1, 0.15) is 13.3 Å². The van der Waals surface area contributed by atoms with Crippen LogP contribution in [0.4, 0.5) is 0 Å². The molecule has 0 spiro atoms. The van der Waals surface area contributed by atoms with Crippen LogP contribution < -0.4 is 15.6 Å². The van der Waals surface area contributed by atoms with Gasteiger partial charge in [0, 0.05) is 6.54 Å². The Kier molecular flexibility index (Phi) is 5.34. The minimum atomic E-state index is -0.235. The summed E-state index contributed by atoms with van der Waals surface area (Å²) in [6.07, 6.45) is 2.41. The van der Waals surface area contributed by atoms with Gasteiger partial charge in [0.15, 0.2) is 0 Å². The fourth-order valence-electron chi connectivity index (χ4n) is 0.989. The molecule has 0 saturated carbocycles. The number of aromatic amines is 1. The van der Waals surface area contributed by atoms with Crippen molar-refractivity contribution in [3.8, 4) is 5.88 Å². The molecule has 0 saturated heterocycles. The second-order valence-electron chi connectivity index (χ2n) is 2.95. The van der Waals surface area contributed by atoms with Crippen LogP contribution in [0, 0.1) is 0 Å². The van der Waals surface area contributed by atoms with E-state index in [1.807, 2.05) is 0 Å². The minimum Gasteiger partial charge on any atom is -0.475 e. The number of nitrogens with zero attached hydrogens (tertiary/aromatic N) is 1. The van der Waals surface area contributed by atoms with Crippen LogP contribution in [0.5, 0.6) is 5.88 Å². The first-order valence-electron chi connectivity index (χ1n) is 4.82. The van der Waals surface area contributed by atoms with Gasteiger partial charge in [0.05, 0.1) is 6.33 Å². The maximum absolute atomic E-state index is 11.1. The number of hydrogen-bond acceptors (Lipinski definition) is 4. The molecule has 15 heavy (non-hydrogen) atoms. The number of rotatable bonds is 6. The Morgan fingerprint density at radius 1 is 1.60 bits per heavy atom. The normalized spacial score (nSPS) is 10.3. The van der Waals surface area contributed by atoms with Crippen molar-refractivity contribution in [2.24, 2.45) is 0 Å². The molecule has 0 fully saturated rings. The van der Waals surface area contributed by atoms with Crippen molar-refractivity contribution < 1.29 is 4.74 Å². The van der Waals surface area contributed by atoms with E-state index in [0.717, 1.165) is 19.5 Å². The zero-order chi connectivity index (χ0) is 11.1. The van der Waals surface area contributed by atoms with Crippen molar-refractivity contribution in [3.05, 3.63) is 21.2 Å². The highest BCUT2D eigenvalue weighted by Crippen LogP contribution is 2.15. The summed E-state index contributed by atoms with van der Waals surface area (Å²) in [4.78, 5) is 17.5. The smallest absolute Gasteiger partial charge is 0.268 e. The monoisotopic (exact) mass is 275 g/mol. The van der Waals surface area contributed by atoms with Crippen molar-refractivity contribution in [1.29, 1.82) is 0 Å². The molecule has 1 aromatic rings. The maximum Gasteiger partial charge on any atom is 0.268 e. The number of aromatic nitrogens is 2. The Morgan fingerprint density at radius 2 is 2.40 bits per heavy atom. The van der Waals surface area contributed by atoms with Crippen molar-refractivity contribution in [1.82, 2.24) is 15.3 Å². The lowest BCUT2D eigenvalue weighted by Gasteiger charge is -2.06. The summed E-state index contributed by atoms with van der Waals surface area (Å²) in [6.45, 7) is 4.31. The summed E-state index contributed by atoms with van der Waals surface area (Å²) in [5, 5.41) is 3.19. The lowest BCUT2D eigenvalue weighted by molar-refractivity contribution is 0.299. The largest absolute Gasteiger partial charge is 0.475 e. The van der Waals surface area contributed by atoms with E-state index in [-0.39, 0.29) is 5.56 Å². The lowest BCUT2D eigenvalue weighted by atomic mass is 10.5. The molecule has 0 bridgehead atoms. The third kappa shape index (κ3) is 4.01. The van der Waals surface area contributed by atoms with E-state index in [2.05, 4.69) is 38.1 Å². The Labute approximate surface area is 96.4 Å². The predicted octanol–water partition coefficient (Wildman–Crippen LogP) is 0.911. The number of H-pyrrole nitrogens is 1. The fraction of sp³-hybridized carbons (Fsp3) is 0.556. The second kappa shape index (κ2) is 6.58. The molecule has 0 unspecified atom stereocenters. The number of hydrogen-bond donors (Lipinski definition) is 2. The van der Waals surface area contributed by atoms with Gasteiger partial charge < -0.3 is 15.0 Å². The van der Waals surface area contributed by atoms with Crippen molar-refractivity contribution in [3.63, 3.8) is 0 Å². The van der Waals surface area contributed by atoms with Gasteiger partial charge in [-0.2, -0.15) is 0 Å². The summed E-state index contributed by atoms with van der Waals surface area (Å²) in [6, 6.07) is 0. The third-order valence-corrected chi connectivity index (χ3v) is 2.41. The van der Waals surface area contributed by atoms with Gasteiger partial charge in [0.25, 0.3) is 5.56 Å².